The first-order chi connectivity index (χ1) is 13.7. The van der Waals surface area contributed by atoms with Crippen LogP contribution in [0.5, 0.6) is 0 Å². The van der Waals surface area contributed by atoms with Gasteiger partial charge in [-0.15, -0.1) is 0 Å². The van der Waals surface area contributed by atoms with Crippen molar-refractivity contribution in [2.75, 3.05) is 25.7 Å². The molecule has 172 valence electrons. The average molecular weight is 503 g/mol. The standard InChI is InChI=1S/C10H10FNO2.C6H5BrFN.C4H6O2.2CH4/c1-14-9(13)6-5-7-3-2-4-8(11)10(7)12;7-4-2-1-3-5(8)6(4)9;1-3-4(5)6-2;;/h2-6H,12H2,1H3;1-3H,9H2;3H,1H2,2H3;2*1H4/b6-5+;;;;. The number of hydrogen-bond acceptors (Lipinski definition) is 6. The maximum atomic E-state index is 12.9. The number of para-hydroxylation sites is 2. The van der Waals surface area contributed by atoms with Crippen molar-refractivity contribution in [3.8, 4) is 0 Å². The third kappa shape index (κ3) is 12.9. The molecule has 2 aromatic rings. The molecule has 2 rings (SSSR count). The topological polar surface area (TPSA) is 105 Å². The number of benzene rings is 2. The first-order valence-electron chi connectivity index (χ1n) is 7.87. The van der Waals surface area contributed by atoms with E-state index in [0.717, 1.165) is 6.08 Å². The normalized spacial score (nSPS) is 8.81. The minimum atomic E-state index is -0.506. The highest BCUT2D eigenvalue weighted by Gasteiger charge is 2.01. The fraction of sp³-hybridized carbons (Fsp3) is 0.182. The maximum Gasteiger partial charge on any atom is 0.330 e. The Balaban J connectivity index is -0.000000401. The molecule has 9 heteroatoms. The zero-order chi connectivity index (χ0) is 22.4. The molecule has 0 amide bonds. The van der Waals surface area contributed by atoms with E-state index in [2.05, 4.69) is 32.0 Å². The van der Waals surface area contributed by atoms with Gasteiger partial charge in [-0.05, 0) is 40.2 Å². The molecule has 6 nitrogen and oxygen atoms in total. The quantitative estimate of drug-likeness (QED) is 0.331. The molecule has 4 N–H and O–H groups in total. The summed E-state index contributed by atoms with van der Waals surface area (Å²) >= 11 is 3.08. The number of methoxy groups -OCH3 is 2. The van der Waals surface area contributed by atoms with Crippen LogP contribution in [-0.4, -0.2) is 26.2 Å². The van der Waals surface area contributed by atoms with E-state index < -0.39 is 17.8 Å². The Bertz CT molecular complexity index is 854. The molecule has 2 aromatic carbocycles. The monoisotopic (exact) mass is 502 g/mol. The van der Waals surface area contributed by atoms with Crippen LogP contribution < -0.4 is 11.5 Å². The summed E-state index contributed by atoms with van der Waals surface area (Å²) in [5.41, 5.74) is 11.3. The first-order valence-corrected chi connectivity index (χ1v) is 8.67. The fourth-order valence-corrected chi connectivity index (χ4v) is 1.86. The van der Waals surface area contributed by atoms with Gasteiger partial charge in [0, 0.05) is 22.2 Å². The van der Waals surface area contributed by atoms with Gasteiger partial charge in [-0.1, -0.05) is 39.6 Å². The van der Waals surface area contributed by atoms with E-state index in [1.54, 1.807) is 18.2 Å². The molecule has 0 saturated heterocycles. The molecule has 0 aliphatic heterocycles. The highest BCUT2D eigenvalue weighted by atomic mass is 79.9. The lowest BCUT2D eigenvalue weighted by Gasteiger charge is -2.00. The number of hydrogen-bond donors (Lipinski definition) is 2. The van der Waals surface area contributed by atoms with Gasteiger partial charge in [0.25, 0.3) is 0 Å². The molecule has 0 unspecified atom stereocenters. The minimum Gasteiger partial charge on any atom is -0.466 e. The van der Waals surface area contributed by atoms with Crippen LogP contribution >= 0.6 is 15.9 Å². The maximum absolute atomic E-state index is 12.9. The Kier molecular flexibility index (Phi) is 18.5. The zero-order valence-corrected chi connectivity index (χ0v) is 17.4. The van der Waals surface area contributed by atoms with Crippen LogP contribution in [0.25, 0.3) is 6.08 Å². The van der Waals surface area contributed by atoms with Crippen LogP contribution in [-0.2, 0) is 19.1 Å². The van der Waals surface area contributed by atoms with Gasteiger partial charge in [0.05, 0.1) is 25.6 Å². The van der Waals surface area contributed by atoms with E-state index in [9.17, 15) is 18.4 Å². The Morgan fingerprint density at radius 3 is 1.81 bits per heavy atom. The van der Waals surface area contributed by atoms with Crippen molar-refractivity contribution >= 4 is 45.3 Å². The minimum absolute atomic E-state index is 0. The second-order valence-electron chi connectivity index (χ2n) is 4.96. The van der Waals surface area contributed by atoms with Gasteiger partial charge in [-0.2, -0.15) is 0 Å². The third-order valence-electron chi connectivity index (χ3n) is 3.05. The summed E-state index contributed by atoms with van der Waals surface area (Å²) in [5, 5.41) is 0. The summed E-state index contributed by atoms with van der Waals surface area (Å²) in [6.45, 7) is 3.16. The Hall–Kier alpha value is -3.20. The smallest absolute Gasteiger partial charge is 0.330 e. The van der Waals surface area contributed by atoms with E-state index in [4.69, 9.17) is 11.5 Å². The molecule has 0 spiro atoms. The van der Waals surface area contributed by atoms with E-state index in [1.165, 1.54) is 44.6 Å². The molecule has 0 aliphatic rings. The Morgan fingerprint density at radius 2 is 1.42 bits per heavy atom. The van der Waals surface area contributed by atoms with Gasteiger partial charge in [-0.25, -0.2) is 18.4 Å². The molecule has 0 fully saturated rings. The molecular formula is C22H29BrF2N2O4. The van der Waals surface area contributed by atoms with Crippen molar-refractivity contribution in [1.82, 2.24) is 0 Å². The van der Waals surface area contributed by atoms with Crippen LogP contribution in [0.1, 0.15) is 20.4 Å². The van der Waals surface area contributed by atoms with Crippen LogP contribution in [0, 0.1) is 11.6 Å². The van der Waals surface area contributed by atoms with E-state index in [1.807, 2.05) is 0 Å². The molecule has 31 heavy (non-hydrogen) atoms. The lowest BCUT2D eigenvalue weighted by atomic mass is 10.1. The van der Waals surface area contributed by atoms with Crippen molar-refractivity contribution in [1.29, 1.82) is 0 Å². The van der Waals surface area contributed by atoms with Gasteiger partial charge < -0.3 is 20.9 Å². The first kappa shape index (κ1) is 32.5. The second kappa shape index (κ2) is 17.6. The number of nitrogens with two attached hydrogens (primary N) is 2. The SMILES string of the molecule is C.C.C=CC(=O)OC.COC(=O)/C=C/c1cccc(F)c1N.Nc1c(F)cccc1Br. The number of carbonyl (C=O) groups excluding carboxylic acids is 2. The van der Waals surface area contributed by atoms with Crippen LogP contribution in [0.2, 0.25) is 0 Å². The predicted molar refractivity (Wildman–Crippen MR) is 126 cm³/mol. The van der Waals surface area contributed by atoms with E-state index in [-0.39, 0.29) is 32.0 Å². The molecule has 0 heterocycles. The second-order valence-corrected chi connectivity index (χ2v) is 5.82. The summed E-state index contributed by atoms with van der Waals surface area (Å²) in [4.78, 5) is 20.6. The lowest BCUT2D eigenvalue weighted by molar-refractivity contribution is -0.135. The van der Waals surface area contributed by atoms with Crippen molar-refractivity contribution in [2.24, 2.45) is 0 Å². The van der Waals surface area contributed by atoms with Crippen molar-refractivity contribution < 1.29 is 27.8 Å². The Morgan fingerprint density at radius 1 is 0.935 bits per heavy atom. The van der Waals surface area contributed by atoms with Crippen molar-refractivity contribution in [2.45, 2.75) is 14.9 Å². The molecule has 0 saturated carbocycles. The summed E-state index contributed by atoms with van der Waals surface area (Å²) in [7, 11) is 2.58. The summed E-state index contributed by atoms with van der Waals surface area (Å²) in [6.07, 6.45) is 3.70. The fourth-order valence-electron chi connectivity index (χ4n) is 1.52. The zero-order valence-electron chi connectivity index (χ0n) is 15.8. The van der Waals surface area contributed by atoms with Crippen LogP contribution in [0.15, 0.2) is 59.6 Å². The predicted octanol–water partition coefficient (Wildman–Crippen LogP) is 5.38. The molecule has 0 radical (unpaired) electrons. The largest absolute Gasteiger partial charge is 0.466 e. The number of ether oxygens (including phenoxy) is 2. The number of esters is 2. The number of anilines is 2. The van der Waals surface area contributed by atoms with Gasteiger partial charge in [0.1, 0.15) is 11.6 Å². The molecular weight excluding hydrogens is 474 g/mol. The van der Waals surface area contributed by atoms with Crippen LogP contribution in [0.3, 0.4) is 0 Å². The molecule has 0 aromatic heterocycles. The van der Waals surface area contributed by atoms with Crippen molar-refractivity contribution in [3.63, 3.8) is 0 Å². The number of halogens is 3. The lowest BCUT2D eigenvalue weighted by Crippen LogP contribution is -1.96. The number of rotatable bonds is 3. The summed E-state index contributed by atoms with van der Waals surface area (Å²) in [6, 6.07) is 8.99. The highest BCUT2D eigenvalue weighted by molar-refractivity contribution is 9.10. The van der Waals surface area contributed by atoms with Crippen molar-refractivity contribution in [3.05, 3.63) is 76.8 Å². The van der Waals surface area contributed by atoms with Gasteiger partial charge in [-0.3, -0.25) is 0 Å². The number of carbonyl (C=O) groups is 2. The van der Waals surface area contributed by atoms with Crippen LogP contribution in [0.4, 0.5) is 20.2 Å². The highest BCUT2D eigenvalue weighted by Crippen LogP contribution is 2.20. The van der Waals surface area contributed by atoms with Gasteiger partial charge >= 0.3 is 11.9 Å². The molecule has 0 bridgehead atoms. The molecule has 0 atom stereocenters. The third-order valence-corrected chi connectivity index (χ3v) is 3.75. The van der Waals surface area contributed by atoms with Gasteiger partial charge in [0.15, 0.2) is 0 Å². The average Bonchev–Trinajstić information content (AvgIpc) is 2.73. The molecule has 0 aliphatic carbocycles. The summed E-state index contributed by atoms with van der Waals surface area (Å²) in [5.74, 6) is -1.79. The summed E-state index contributed by atoms with van der Waals surface area (Å²) < 4.78 is 34.5. The van der Waals surface area contributed by atoms with E-state index in [0.29, 0.717) is 10.0 Å². The van der Waals surface area contributed by atoms with Gasteiger partial charge in [0.2, 0.25) is 0 Å². The number of nitrogen functional groups attached to an aromatic ring is 2. The van der Waals surface area contributed by atoms with E-state index >= 15 is 0 Å². The Labute approximate surface area is 190 Å².